The Kier molecular flexibility index (Phi) is 3.39. The third kappa shape index (κ3) is 2.50. The summed E-state index contributed by atoms with van der Waals surface area (Å²) in [5.41, 5.74) is 7.25. The lowest BCUT2D eigenvalue weighted by Crippen LogP contribution is -2.22. The summed E-state index contributed by atoms with van der Waals surface area (Å²) in [7, 11) is 1.86. The normalized spacial score (nSPS) is 10.1. The van der Waals surface area contributed by atoms with Gasteiger partial charge in [-0.15, -0.1) is 0 Å². The molecule has 0 aliphatic heterocycles. The molecule has 0 fully saturated rings. The van der Waals surface area contributed by atoms with Crippen LogP contribution in [0.15, 0.2) is 18.2 Å². The van der Waals surface area contributed by atoms with Gasteiger partial charge in [0.1, 0.15) is 0 Å². The molecule has 0 saturated carbocycles. The molecule has 0 heterocycles. The van der Waals surface area contributed by atoms with Crippen molar-refractivity contribution in [2.75, 3.05) is 30.8 Å². The van der Waals surface area contributed by atoms with Gasteiger partial charge < -0.3 is 15.7 Å². The summed E-state index contributed by atoms with van der Waals surface area (Å²) in [4.78, 5) is 1.86. The summed E-state index contributed by atoms with van der Waals surface area (Å²) in [5, 5.41) is 9.39. The average Bonchev–Trinajstić information content (AvgIpc) is 2.09. The van der Waals surface area contributed by atoms with Crippen molar-refractivity contribution in [3.05, 3.63) is 23.2 Å². The van der Waals surface area contributed by atoms with Gasteiger partial charge in [0.05, 0.1) is 18.0 Å². The standard InChI is InChI=1S/C9H13ClN2O/c1-12(4-5-13)9-6-7(10)2-3-8(9)11/h2-3,6,13H,4-5,11H2,1H3. The van der Waals surface area contributed by atoms with Crippen LogP contribution in [0.3, 0.4) is 0 Å². The van der Waals surface area contributed by atoms with Gasteiger partial charge in [-0.3, -0.25) is 0 Å². The van der Waals surface area contributed by atoms with Gasteiger partial charge in [-0.2, -0.15) is 0 Å². The number of benzene rings is 1. The first-order valence-corrected chi connectivity index (χ1v) is 4.40. The maximum atomic E-state index is 8.74. The molecule has 0 saturated heterocycles. The van der Waals surface area contributed by atoms with Crippen molar-refractivity contribution in [3.63, 3.8) is 0 Å². The Hall–Kier alpha value is -0.930. The molecule has 0 radical (unpaired) electrons. The first-order valence-electron chi connectivity index (χ1n) is 4.02. The number of aliphatic hydroxyl groups excluding tert-OH is 1. The Morgan fingerprint density at radius 3 is 2.85 bits per heavy atom. The van der Waals surface area contributed by atoms with Crippen molar-refractivity contribution in [2.24, 2.45) is 0 Å². The average molecular weight is 201 g/mol. The zero-order chi connectivity index (χ0) is 9.84. The Bertz CT molecular complexity index is 291. The van der Waals surface area contributed by atoms with Crippen LogP contribution in [0.2, 0.25) is 5.02 Å². The summed E-state index contributed by atoms with van der Waals surface area (Å²) in [6.45, 7) is 0.646. The fourth-order valence-electron chi connectivity index (χ4n) is 1.12. The smallest absolute Gasteiger partial charge is 0.0613 e. The largest absolute Gasteiger partial charge is 0.397 e. The minimum absolute atomic E-state index is 0.0997. The molecular weight excluding hydrogens is 188 g/mol. The van der Waals surface area contributed by atoms with Crippen LogP contribution in [-0.2, 0) is 0 Å². The molecular formula is C9H13ClN2O. The fourth-order valence-corrected chi connectivity index (χ4v) is 1.28. The Morgan fingerprint density at radius 1 is 1.54 bits per heavy atom. The predicted octanol–water partition coefficient (Wildman–Crippen LogP) is 1.35. The molecule has 13 heavy (non-hydrogen) atoms. The fraction of sp³-hybridized carbons (Fsp3) is 0.333. The zero-order valence-electron chi connectivity index (χ0n) is 7.50. The van der Waals surface area contributed by atoms with E-state index >= 15 is 0 Å². The second kappa shape index (κ2) is 4.35. The van der Waals surface area contributed by atoms with Crippen LogP contribution in [0.4, 0.5) is 11.4 Å². The maximum Gasteiger partial charge on any atom is 0.0613 e. The van der Waals surface area contributed by atoms with Crippen LogP contribution in [0, 0.1) is 0 Å². The van der Waals surface area contributed by atoms with E-state index in [2.05, 4.69) is 0 Å². The van der Waals surface area contributed by atoms with Gasteiger partial charge in [0.2, 0.25) is 0 Å². The number of halogens is 1. The number of anilines is 2. The Morgan fingerprint density at radius 2 is 2.23 bits per heavy atom. The first-order chi connectivity index (χ1) is 6.15. The Balaban J connectivity index is 2.91. The van der Waals surface area contributed by atoms with Gasteiger partial charge in [0, 0.05) is 18.6 Å². The third-order valence-corrected chi connectivity index (χ3v) is 2.07. The van der Waals surface area contributed by atoms with Crippen LogP contribution < -0.4 is 10.6 Å². The minimum Gasteiger partial charge on any atom is -0.397 e. The van der Waals surface area contributed by atoms with Crippen molar-refractivity contribution >= 4 is 23.0 Å². The SMILES string of the molecule is CN(CCO)c1cc(Cl)ccc1N. The molecule has 72 valence electrons. The summed E-state index contributed by atoms with van der Waals surface area (Å²) in [5.74, 6) is 0. The lowest BCUT2D eigenvalue weighted by molar-refractivity contribution is 0.304. The van der Waals surface area contributed by atoms with E-state index in [4.69, 9.17) is 22.4 Å². The van der Waals surface area contributed by atoms with E-state index in [-0.39, 0.29) is 6.61 Å². The van der Waals surface area contributed by atoms with Crippen molar-refractivity contribution < 1.29 is 5.11 Å². The van der Waals surface area contributed by atoms with Gasteiger partial charge in [0.15, 0.2) is 0 Å². The van der Waals surface area contributed by atoms with Crippen molar-refractivity contribution in [1.82, 2.24) is 0 Å². The van der Waals surface area contributed by atoms with E-state index in [0.717, 1.165) is 5.69 Å². The number of nitrogens with zero attached hydrogens (tertiary/aromatic N) is 1. The number of nitrogens with two attached hydrogens (primary N) is 1. The summed E-state index contributed by atoms with van der Waals surface area (Å²) >= 11 is 5.82. The second-order valence-electron chi connectivity index (χ2n) is 2.85. The zero-order valence-corrected chi connectivity index (χ0v) is 8.25. The van der Waals surface area contributed by atoms with E-state index < -0.39 is 0 Å². The molecule has 3 N–H and O–H groups in total. The quantitative estimate of drug-likeness (QED) is 0.725. The van der Waals surface area contributed by atoms with E-state index in [1.165, 1.54) is 0 Å². The van der Waals surface area contributed by atoms with E-state index in [1.807, 2.05) is 11.9 Å². The number of likely N-dealkylation sites (N-methyl/N-ethyl adjacent to an activating group) is 1. The summed E-state index contributed by atoms with van der Waals surface area (Å²) < 4.78 is 0. The molecule has 1 rings (SSSR count). The molecule has 3 nitrogen and oxygen atoms in total. The lowest BCUT2D eigenvalue weighted by Gasteiger charge is -2.19. The number of hydrogen-bond acceptors (Lipinski definition) is 3. The van der Waals surface area contributed by atoms with E-state index in [0.29, 0.717) is 17.3 Å². The number of aliphatic hydroxyl groups is 1. The first kappa shape index (κ1) is 10.2. The van der Waals surface area contributed by atoms with Gasteiger partial charge in [-0.25, -0.2) is 0 Å². The van der Waals surface area contributed by atoms with E-state index in [1.54, 1.807) is 18.2 Å². The number of nitrogen functional groups attached to an aromatic ring is 1. The van der Waals surface area contributed by atoms with Crippen LogP contribution in [0.25, 0.3) is 0 Å². The van der Waals surface area contributed by atoms with Crippen LogP contribution in [0.5, 0.6) is 0 Å². The van der Waals surface area contributed by atoms with Gasteiger partial charge >= 0.3 is 0 Å². The highest BCUT2D eigenvalue weighted by molar-refractivity contribution is 6.31. The highest BCUT2D eigenvalue weighted by atomic mass is 35.5. The number of rotatable bonds is 3. The molecule has 0 aliphatic carbocycles. The molecule has 1 aromatic carbocycles. The van der Waals surface area contributed by atoms with Crippen LogP contribution >= 0.6 is 11.6 Å². The third-order valence-electron chi connectivity index (χ3n) is 1.84. The molecule has 0 aromatic heterocycles. The summed E-state index contributed by atoms with van der Waals surface area (Å²) in [6, 6.07) is 5.28. The van der Waals surface area contributed by atoms with Gasteiger partial charge in [0.25, 0.3) is 0 Å². The lowest BCUT2D eigenvalue weighted by atomic mass is 10.2. The van der Waals surface area contributed by atoms with E-state index in [9.17, 15) is 0 Å². The maximum absolute atomic E-state index is 8.74. The molecule has 1 aromatic rings. The summed E-state index contributed by atoms with van der Waals surface area (Å²) in [6.07, 6.45) is 0. The van der Waals surface area contributed by atoms with Crippen molar-refractivity contribution in [1.29, 1.82) is 0 Å². The van der Waals surface area contributed by atoms with Crippen molar-refractivity contribution in [3.8, 4) is 0 Å². The minimum atomic E-state index is 0.0997. The molecule has 0 bridgehead atoms. The molecule has 4 heteroatoms. The molecule has 0 aliphatic rings. The highest BCUT2D eigenvalue weighted by Crippen LogP contribution is 2.25. The number of hydrogen-bond donors (Lipinski definition) is 2. The predicted molar refractivity (Wildman–Crippen MR) is 56.2 cm³/mol. The van der Waals surface area contributed by atoms with Crippen molar-refractivity contribution in [2.45, 2.75) is 0 Å². The monoisotopic (exact) mass is 200 g/mol. The molecule has 0 amide bonds. The Labute approximate surface area is 82.7 Å². The topological polar surface area (TPSA) is 49.5 Å². The second-order valence-corrected chi connectivity index (χ2v) is 3.28. The molecule has 0 atom stereocenters. The van der Waals surface area contributed by atoms with Gasteiger partial charge in [-0.1, -0.05) is 11.6 Å². The highest BCUT2D eigenvalue weighted by Gasteiger charge is 2.04. The molecule has 0 unspecified atom stereocenters. The molecule has 0 spiro atoms. The van der Waals surface area contributed by atoms with Crippen LogP contribution in [-0.4, -0.2) is 25.3 Å². The van der Waals surface area contributed by atoms with Crippen LogP contribution in [0.1, 0.15) is 0 Å². The van der Waals surface area contributed by atoms with Gasteiger partial charge in [-0.05, 0) is 18.2 Å².